The maximum absolute atomic E-state index is 12.2. The Morgan fingerprint density at radius 1 is 1.12 bits per heavy atom. The molecule has 0 atom stereocenters. The van der Waals surface area contributed by atoms with Crippen molar-refractivity contribution in [3.63, 3.8) is 0 Å². The summed E-state index contributed by atoms with van der Waals surface area (Å²) in [6.07, 6.45) is 5.69. The summed E-state index contributed by atoms with van der Waals surface area (Å²) < 4.78 is 0. The second-order valence-corrected chi connectivity index (χ2v) is 5.89. The van der Waals surface area contributed by atoms with Gasteiger partial charge in [-0.15, -0.1) is 0 Å². The minimum Gasteiger partial charge on any atom is -0.352 e. The van der Waals surface area contributed by atoms with Crippen LogP contribution in [0.25, 0.3) is 0 Å². The van der Waals surface area contributed by atoms with Gasteiger partial charge < -0.3 is 15.5 Å². The highest BCUT2D eigenvalue weighted by Gasteiger charge is 2.11. The molecule has 2 aromatic rings. The van der Waals surface area contributed by atoms with E-state index in [1.165, 1.54) is 12.3 Å². The SMILES string of the molecule is CN(C)CCCNC(=O)c1ccnc(C(=O)NCc2cccnc2)c1. The summed E-state index contributed by atoms with van der Waals surface area (Å²) in [5.41, 5.74) is 1.53. The van der Waals surface area contributed by atoms with Gasteiger partial charge in [0.05, 0.1) is 0 Å². The van der Waals surface area contributed by atoms with E-state index in [1.54, 1.807) is 24.5 Å². The average Bonchev–Trinajstić information content (AvgIpc) is 2.64. The molecule has 7 heteroatoms. The number of carbonyl (C=O) groups excluding carboxylic acids is 2. The fourth-order valence-corrected chi connectivity index (χ4v) is 2.17. The largest absolute Gasteiger partial charge is 0.352 e. The maximum Gasteiger partial charge on any atom is 0.270 e. The van der Waals surface area contributed by atoms with Crippen molar-refractivity contribution in [2.75, 3.05) is 27.2 Å². The quantitative estimate of drug-likeness (QED) is 0.702. The van der Waals surface area contributed by atoms with Gasteiger partial charge in [0.15, 0.2) is 0 Å². The molecule has 0 radical (unpaired) electrons. The molecule has 25 heavy (non-hydrogen) atoms. The molecule has 2 rings (SSSR count). The molecule has 0 aromatic carbocycles. The van der Waals surface area contributed by atoms with Gasteiger partial charge in [0.2, 0.25) is 0 Å². The lowest BCUT2D eigenvalue weighted by atomic mass is 10.2. The normalized spacial score (nSPS) is 10.5. The van der Waals surface area contributed by atoms with Gasteiger partial charge in [-0.2, -0.15) is 0 Å². The Balaban J connectivity index is 1.88. The Morgan fingerprint density at radius 2 is 1.96 bits per heavy atom. The molecule has 132 valence electrons. The number of pyridine rings is 2. The van der Waals surface area contributed by atoms with Gasteiger partial charge in [0.1, 0.15) is 5.69 Å². The van der Waals surface area contributed by atoms with Crippen LogP contribution >= 0.6 is 0 Å². The Morgan fingerprint density at radius 3 is 2.68 bits per heavy atom. The summed E-state index contributed by atoms with van der Waals surface area (Å²) in [4.78, 5) is 34.4. The van der Waals surface area contributed by atoms with Crippen molar-refractivity contribution in [1.82, 2.24) is 25.5 Å². The minimum atomic E-state index is -0.328. The number of carbonyl (C=O) groups is 2. The van der Waals surface area contributed by atoms with Gasteiger partial charge in [-0.3, -0.25) is 19.6 Å². The number of nitrogens with one attached hydrogen (secondary N) is 2. The van der Waals surface area contributed by atoms with E-state index in [9.17, 15) is 9.59 Å². The third kappa shape index (κ3) is 6.31. The van der Waals surface area contributed by atoms with Gasteiger partial charge in [0.25, 0.3) is 11.8 Å². The highest BCUT2D eigenvalue weighted by atomic mass is 16.2. The lowest BCUT2D eigenvalue weighted by molar-refractivity contribution is 0.0946. The molecule has 2 amide bonds. The molecule has 2 N–H and O–H groups in total. The zero-order valence-corrected chi connectivity index (χ0v) is 14.5. The minimum absolute atomic E-state index is 0.206. The molecule has 2 aromatic heterocycles. The first-order valence-electron chi connectivity index (χ1n) is 8.12. The van der Waals surface area contributed by atoms with Gasteiger partial charge in [-0.25, -0.2) is 0 Å². The maximum atomic E-state index is 12.2. The van der Waals surface area contributed by atoms with E-state index in [4.69, 9.17) is 0 Å². The highest BCUT2D eigenvalue weighted by molar-refractivity contribution is 5.98. The molecule has 2 heterocycles. The summed E-state index contributed by atoms with van der Waals surface area (Å²) in [6, 6.07) is 6.78. The molecule has 7 nitrogen and oxygen atoms in total. The standard InChI is InChI=1S/C18H23N5O2/c1-23(2)10-4-8-21-17(24)15-6-9-20-16(11-15)18(25)22-13-14-5-3-7-19-12-14/h3,5-7,9,11-12H,4,8,10,13H2,1-2H3,(H,21,24)(H,22,25). The fourth-order valence-electron chi connectivity index (χ4n) is 2.17. The summed E-state index contributed by atoms with van der Waals surface area (Å²) in [5, 5.41) is 5.61. The Bertz CT molecular complexity index is 704. The summed E-state index contributed by atoms with van der Waals surface area (Å²) in [5.74, 6) is -0.534. The number of hydrogen-bond acceptors (Lipinski definition) is 5. The molecule has 0 bridgehead atoms. The van der Waals surface area contributed by atoms with Crippen LogP contribution < -0.4 is 10.6 Å². The molecule has 0 aliphatic rings. The van der Waals surface area contributed by atoms with Crippen LogP contribution in [0, 0.1) is 0 Å². The highest BCUT2D eigenvalue weighted by Crippen LogP contribution is 2.03. The van der Waals surface area contributed by atoms with Crippen LogP contribution in [0.4, 0.5) is 0 Å². The lowest BCUT2D eigenvalue weighted by Gasteiger charge is -2.10. The van der Waals surface area contributed by atoms with Gasteiger partial charge in [-0.05, 0) is 50.8 Å². The predicted octanol–water partition coefficient (Wildman–Crippen LogP) is 1.09. The van der Waals surface area contributed by atoms with E-state index >= 15 is 0 Å². The van der Waals surface area contributed by atoms with Crippen LogP contribution in [0.3, 0.4) is 0 Å². The number of amides is 2. The van der Waals surface area contributed by atoms with Crippen LogP contribution in [0.1, 0.15) is 32.8 Å². The van der Waals surface area contributed by atoms with Crippen LogP contribution in [0.15, 0.2) is 42.9 Å². The third-order valence-electron chi connectivity index (χ3n) is 3.50. The molecule has 0 aliphatic carbocycles. The van der Waals surface area contributed by atoms with Crippen molar-refractivity contribution >= 4 is 11.8 Å². The number of aromatic nitrogens is 2. The molecular weight excluding hydrogens is 318 g/mol. The smallest absolute Gasteiger partial charge is 0.270 e. The van der Waals surface area contributed by atoms with Crippen molar-refractivity contribution in [3.8, 4) is 0 Å². The van der Waals surface area contributed by atoms with Crippen LogP contribution in [0.2, 0.25) is 0 Å². The van der Waals surface area contributed by atoms with Crippen LogP contribution in [0.5, 0.6) is 0 Å². The molecular formula is C18H23N5O2. The Labute approximate surface area is 147 Å². The van der Waals surface area contributed by atoms with E-state index in [2.05, 4.69) is 25.5 Å². The summed E-state index contributed by atoms with van der Waals surface area (Å²) in [6.45, 7) is 1.84. The van der Waals surface area contributed by atoms with E-state index in [-0.39, 0.29) is 17.5 Å². The number of hydrogen-bond donors (Lipinski definition) is 2. The first-order chi connectivity index (χ1) is 12.1. The van der Waals surface area contributed by atoms with Crippen molar-refractivity contribution in [2.45, 2.75) is 13.0 Å². The first kappa shape index (κ1) is 18.5. The monoisotopic (exact) mass is 341 g/mol. The summed E-state index contributed by atoms with van der Waals surface area (Å²) in [7, 11) is 3.97. The lowest BCUT2D eigenvalue weighted by Crippen LogP contribution is -2.28. The third-order valence-corrected chi connectivity index (χ3v) is 3.50. The molecule has 0 saturated heterocycles. The molecule has 0 unspecified atom stereocenters. The zero-order chi connectivity index (χ0) is 18.1. The van der Waals surface area contributed by atoms with Crippen molar-refractivity contribution in [2.24, 2.45) is 0 Å². The van der Waals surface area contributed by atoms with E-state index in [1.807, 2.05) is 20.2 Å². The van der Waals surface area contributed by atoms with Crippen molar-refractivity contribution in [1.29, 1.82) is 0 Å². The number of nitrogens with zero attached hydrogens (tertiary/aromatic N) is 3. The second kappa shape index (κ2) is 9.48. The fraction of sp³-hybridized carbons (Fsp3) is 0.333. The van der Waals surface area contributed by atoms with E-state index in [0.29, 0.717) is 18.7 Å². The van der Waals surface area contributed by atoms with Gasteiger partial charge >= 0.3 is 0 Å². The Hall–Kier alpha value is -2.80. The average molecular weight is 341 g/mol. The molecule has 0 fully saturated rings. The van der Waals surface area contributed by atoms with E-state index < -0.39 is 0 Å². The van der Waals surface area contributed by atoms with Crippen molar-refractivity contribution in [3.05, 3.63) is 59.7 Å². The van der Waals surface area contributed by atoms with Crippen molar-refractivity contribution < 1.29 is 9.59 Å². The molecule has 0 aliphatic heterocycles. The molecule has 0 saturated carbocycles. The van der Waals surface area contributed by atoms with Gasteiger partial charge in [0, 0.05) is 37.2 Å². The Kier molecular flexibility index (Phi) is 7.03. The van der Waals surface area contributed by atoms with Gasteiger partial charge in [-0.1, -0.05) is 6.07 Å². The number of rotatable bonds is 8. The van der Waals surface area contributed by atoms with Crippen LogP contribution in [-0.4, -0.2) is 53.9 Å². The van der Waals surface area contributed by atoms with Crippen LogP contribution in [-0.2, 0) is 6.54 Å². The topological polar surface area (TPSA) is 87.2 Å². The summed E-state index contributed by atoms with van der Waals surface area (Å²) >= 11 is 0. The molecule has 0 spiro atoms. The first-order valence-corrected chi connectivity index (χ1v) is 8.12. The second-order valence-electron chi connectivity index (χ2n) is 5.89. The zero-order valence-electron chi connectivity index (χ0n) is 14.5. The predicted molar refractivity (Wildman–Crippen MR) is 95.1 cm³/mol. The van der Waals surface area contributed by atoms with E-state index in [0.717, 1.165) is 18.5 Å².